The van der Waals surface area contributed by atoms with Crippen molar-refractivity contribution >= 4 is 0 Å². The summed E-state index contributed by atoms with van der Waals surface area (Å²) in [4.78, 5) is 0. The lowest BCUT2D eigenvalue weighted by molar-refractivity contribution is -0.558. The molecule has 6 unspecified atom stereocenters. The van der Waals surface area contributed by atoms with Crippen molar-refractivity contribution in [2.24, 2.45) is 0 Å². The highest BCUT2D eigenvalue weighted by atomic mass is 16.9. The summed E-state index contributed by atoms with van der Waals surface area (Å²) in [6.45, 7) is -0.352. The van der Waals surface area contributed by atoms with Crippen molar-refractivity contribution in [2.75, 3.05) is 6.61 Å². The maximum absolute atomic E-state index is 10.3. The molecular weight excluding hydrogens is 264 g/mol. The van der Waals surface area contributed by atoms with Crippen LogP contribution in [0.1, 0.15) is 12.0 Å². The van der Waals surface area contributed by atoms with Crippen LogP contribution >= 0.6 is 0 Å². The Balaban J connectivity index is 1.81. The maximum atomic E-state index is 10.3. The molecule has 4 aliphatic rings. The summed E-state index contributed by atoms with van der Waals surface area (Å²) in [5.41, 5.74) is -0.507. The molecule has 4 bridgehead atoms. The molecule has 6 nitrogen and oxygen atoms in total. The first-order valence-electron chi connectivity index (χ1n) is 6.69. The van der Waals surface area contributed by atoms with E-state index in [1.165, 1.54) is 0 Å². The molecule has 3 aliphatic heterocycles. The zero-order valence-electron chi connectivity index (χ0n) is 10.7. The summed E-state index contributed by atoms with van der Waals surface area (Å²) in [5, 5.41) is 30.1. The van der Waals surface area contributed by atoms with E-state index < -0.39 is 36.0 Å². The first-order chi connectivity index (χ1) is 9.60. The van der Waals surface area contributed by atoms with Crippen LogP contribution in [0.4, 0.5) is 0 Å². The standard InChI is InChI=1S/C14H16O6/c15-7-13-6-9-10(16)11(12(13)17)19-14(18-9,20-13)8-4-2-1-3-5-8/h1-5,9-12,15-17H,6-7H2. The van der Waals surface area contributed by atoms with Gasteiger partial charge in [0.25, 0.3) is 0 Å². The molecule has 0 aromatic heterocycles. The van der Waals surface area contributed by atoms with Crippen LogP contribution < -0.4 is 0 Å². The van der Waals surface area contributed by atoms with E-state index >= 15 is 0 Å². The first kappa shape index (κ1) is 12.7. The van der Waals surface area contributed by atoms with Crippen molar-refractivity contribution in [1.82, 2.24) is 0 Å². The average Bonchev–Trinajstić information content (AvgIpc) is 2.49. The van der Waals surface area contributed by atoms with Gasteiger partial charge >= 0.3 is 5.97 Å². The second kappa shape index (κ2) is 4.00. The number of ether oxygens (including phenoxy) is 3. The van der Waals surface area contributed by atoms with Crippen molar-refractivity contribution in [3.8, 4) is 0 Å². The van der Waals surface area contributed by atoms with E-state index in [2.05, 4.69) is 0 Å². The van der Waals surface area contributed by atoms with Gasteiger partial charge in [-0.05, 0) is 0 Å². The Kier molecular flexibility index (Phi) is 2.54. The molecule has 5 rings (SSSR count). The second-order valence-corrected chi connectivity index (χ2v) is 5.63. The van der Waals surface area contributed by atoms with Gasteiger partial charge in [0.05, 0.1) is 12.7 Å². The quantitative estimate of drug-likeness (QED) is 0.675. The van der Waals surface area contributed by atoms with Crippen LogP contribution in [0.25, 0.3) is 0 Å². The minimum atomic E-state index is -1.46. The van der Waals surface area contributed by atoms with Crippen LogP contribution in [0.15, 0.2) is 30.3 Å². The summed E-state index contributed by atoms with van der Waals surface area (Å²) < 4.78 is 17.3. The third-order valence-corrected chi connectivity index (χ3v) is 4.44. The van der Waals surface area contributed by atoms with E-state index in [9.17, 15) is 15.3 Å². The molecule has 4 fully saturated rings. The smallest absolute Gasteiger partial charge is 0.313 e. The molecule has 0 spiro atoms. The molecule has 0 amide bonds. The van der Waals surface area contributed by atoms with Gasteiger partial charge in [-0.1, -0.05) is 30.3 Å². The molecular formula is C14H16O6. The fraction of sp³-hybridized carbons (Fsp3) is 0.571. The van der Waals surface area contributed by atoms with Crippen molar-refractivity contribution in [1.29, 1.82) is 0 Å². The summed E-state index contributed by atoms with van der Waals surface area (Å²) in [7, 11) is 0. The topological polar surface area (TPSA) is 88.4 Å². The Morgan fingerprint density at radius 3 is 2.60 bits per heavy atom. The summed E-state index contributed by atoms with van der Waals surface area (Å²) in [5.74, 6) is -1.46. The predicted octanol–water partition coefficient (Wildman–Crippen LogP) is -0.532. The first-order valence-corrected chi connectivity index (χ1v) is 6.69. The highest BCUT2D eigenvalue weighted by molar-refractivity contribution is 5.23. The van der Waals surface area contributed by atoms with Gasteiger partial charge in [0, 0.05) is 12.0 Å². The Bertz CT molecular complexity index is 522. The molecule has 1 aromatic carbocycles. The number of rotatable bonds is 2. The van der Waals surface area contributed by atoms with Gasteiger partial charge in [0.15, 0.2) is 0 Å². The van der Waals surface area contributed by atoms with Crippen molar-refractivity contribution in [2.45, 2.75) is 42.4 Å². The monoisotopic (exact) mass is 280 g/mol. The van der Waals surface area contributed by atoms with E-state index in [0.717, 1.165) is 0 Å². The molecule has 1 aliphatic carbocycles. The Morgan fingerprint density at radius 1 is 1.15 bits per heavy atom. The van der Waals surface area contributed by atoms with E-state index in [4.69, 9.17) is 14.2 Å². The molecule has 20 heavy (non-hydrogen) atoms. The molecule has 3 saturated heterocycles. The van der Waals surface area contributed by atoms with Crippen molar-refractivity contribution < 1.29 is 29.5 Å². The van der Waals surface area contributed by atoms with Gasteiger partial charge < -0.3 is 29.5 Å². The number of aliphatic hydroxyl groups is 3. The minimum absolute atomic E-state index is 0.236. The zero-order valence-corrected chi connectivity index (χ0v) is 10.7. The molecule has 1 saturated carbocycles. The SMILES string of the molecule is OCC12CC3OC(c4ccccc4)(OC(C3O)C1O)O2. The number of aliphatic hydroxyl groups excluding tert-OH is 3. The Hall–Kier alpha value is -1.02. The summed E-state index contributed by atoms with van der Waals surface area (Å²) >= 11 is 0. The van der Waals surface area contributed by atoms with Crippen LogP contribution in [0, 0.1) is 0 Å². The number of benzene rings is 1. The minimum Gasteiger partial charge on any atom is -0.393 e. The van der Waals surface area contributed by atoms with Gasteiger partial charge in [-0.25, -0.2) is 0 Å². The van der Waals surface area contributed by atoms with Gasteiger partial charge in [0.2, 0.25) is 0 Å². The van der Waals surface area contributed by atoms with Crippen molar-refractivity contribution in [3.63, 3.8) is 0 Å². The highest BCUT2D eigenvalue weighted by Crippen LogP contribution is 2.54. The summed E-state index contributed by atoms with van der Waals surface area (Å²) in [6.07, 6.45) is -3.13. The molecule has 6 atom stereocenters. The van der Waals surface area contributed by atoms with Crippen LogP contribution in [0.3, 0.4) is 0 Å². The van der Waals surface area contributed by atoms with Gasteiger partial charge in [-0.2, -0.15) is 0 Å². The second-order valence-electron chi connectivity index (χ2n) is 5.63. The van der Waals surface area contributed by atoms with E-state index in [0.29, 0.717) is 5.56 Å². The zero-order chi connectivity index (χ0) is 14.0. The molecule has 3 heterocycles. The van der Waals surface area contributed by atoms with Crippen LogP contribution in [-0.4, -0.2) is 51.9 Å². The lowest BCUT2D eigenvalue weighted by atomic mass is 9.74. The number of hydrogen-bond donors (Lipinski definition) is 3. The van der Waals surface area contributed by atoms with E-state index in [1.54, 1.807) is 12.1 Å². The molecule has 0 radical (unpaired) electrons. The van der Waals surface area contributed by atoms with Crippen LogP contribution in [0.5, 0.6) is 0 Å². The van der Waals surface area contributed by atoms with Crippen LogP contribution in [-0.2, 0) is 20.2 Å². The van der Waals surface area contributed by atoms with Crippen LogP contribution in [0.2, 0.25) is 0 Å². The molecule has 6 heteroatoms. The summed E-state index contributed by atoms with van der Waals surface area (Å²) in [6, 6.07) is 9.08. The van der Waals surface area contributed by atoms with Gasteiger partial charge in [-0.15, -0.1) is 0 Å². The largest absolute Gasteiger partial charge is 0.393 e. The molecule has 1 aromatic rings. The molecule has 3 N–H and O–H groups in total. The van der Waals surface area contributed by atoms with E-state index in [-0.39, 0.29) is 13.0 Å². The Labute approximate surface area is 115 Å². The molecule has 108 valence electrons. The highest BCUT2D eigenvalue weighted by Gasteiger charge is 2.69. The Morgan fingerprint density at radius 2 is 1.90 bits per heavy atom. The van der Waals surface area contributed by atoms with Gasteiger partial charge in [0.1, 0.15) is 23.9 Å². The maximum Gasteiger partial charge on any atom is 0.313 e. The van der Waals surface area contributed by atoms with E-state index in [1.807, 2.05) is 18.2 Å². The lowest BCUT2D eigenvalue weighted by Gasteiger charge is -2.63. The number of hydrogen-bond acceptors (Lipinski definition) is 6. The lowest BCUT2D eigenvalue weighted by Crippen LogP contribution is -2.78. The fourth-order valence-electron chi connectivity index (χ4n) is 3.38. The third-order valence-electron chi connectivity index (χ3n) is 4.44. The average molecular weight is 280 g/mol. The normalized spacial score (nSPS) is 49.5. The van der Waals surface area contributed by atoms with Gasteiger partial charge in [-0.3, -0.25) is 0 Å². The fourth-order valence-corrected chi connectivity index (χ4v) is 3.38. The predicted molar refractivity (Wildman–Crippen MR) is 65.4 cm³/mol. The van der Waals surface area contributed by atoms with Crippen molar-refractivity contribution in [3.05, 3.63) is 35.9 Å². The third kappa shape index (κ3) is 1.43.